The Morgan fingerprint density at radius 3 is 2.33 bits per heavy atom. The number of aromatic amines is 2. The van der Waals surface area contributed by atoms with Crippen molar-refractivity contribution in [2.45, 2.75) is 12.6 Å². The minimum atomic E-state index is -0.598. The van der Waals surface area contributed by atoms with E-state index in [1.54, 1.807) is 0 Å². The van der Waals surface area contributed by atoms with E-state index in [0.717, 1.165) is 4.57 Å². The number of nitrogens with one attached hydrogen (secondary N) is 2. The molecule has 0 aliphatic heterocycles. The number of rotatable bonds is 3. The van der Waals surface area contributed by atoms with Gasteiger partial charge >= 0.3 is 11.4 Å². The topological polar surface area (TPSA) is 117 Å². The smallest absolute Gasteiger partial charge is 0.344 e. The van der Waals surface area contributed by atoms with Crippen LogP contribution >= 0.6 is 0 Å². The zero-order valence-corrected chi connectivity index (χ0v) is 6.28. The number of aliphatic hydroxyl groups excluding tert-OH is 1. The van der Waals surface area contributed by atoms with Crippen molar-refractivity contribution >= 4 is 0 Å². The molecule has 1 heterocycles. The Bertz CT molecular complexity index is 321. The fraction of sp³-hybridized carbons (Fsp3) is 0.600. The second-order valence-electron chi connectivity index (χ2n) is 2.41. The number of hydrogen-bond donors (Lipinski definition) is 4. The maximum atomic E-state index is 10.8. The third-order valence-electron chi connectivity index (χ3n) is 1.42. The van der Waals surface area contributed by atoms with Crippen molar-refractivity contribution in [3.8, 4) is 0 Å². The van der Waals surface area contributed by atoms with Crippen LogP contribution in [0.4, 0.5) is 0 Å². The Hall–Kier alpha value is -1.34. The summed E-state index contributed by atoms with van der Waals surface area (Å²) in [7, 11) is 0. The van der Waals surface area contributed by atoms with Gasteiger partial charge in [0.2, 0.25) is 0 Å². The van der Waals surface area contributed by atoms with Gasteiger partial charge in [0.25, 0.3) is 0 Å². The summed E-state index contributed by atoms with van der Waals surface area (Å²) in [5.74, 6) is 0. The predicted molar refractivity (Wildman–Crippen MR) is 40.7 cm³/mol. The van der Waals surface area contributed by atoms with Crippen LogP contribution in [0.25, 0.3) is 0 Å². The lowest BCUT2D eigenvalue weighted by atomic mass is 10.3. The SMILES string of the molecule is NC(CO)Cn1c(=O)[nH][nH]c1=O. The van der Waals surface area contributed by atoms with Gasteiger partial charge in [0.15, 0.2) is 0 Å². The lowest BCUT2D eigenvalue weighted by Crippen LogP contribution is -2.38. The van der Waals surface area contributed by atoms with Crippen molar-refractivity contribution in [1.29, 1.82) is 0 Å². The molecule has 0 radical (unpaired) electrons. The average Bonchev–Trinajstić information content (AvgIpc) is 2.35. The van der Waals surface area contributed by atoms with Crippen molar-refractivity contribution in [3.63, 3.8) is 0 Å². The highest BCUT2D eigenvalue weighted by molar-refractivity contribution is 4.69. The van der Waals surface area contributed by atoms with Crippen molar-refractivity contribution in [2.75, 3.05) is 6.61 Å². The minimum absolute atomic E-state index is 0.00810. The molecule has 0 fully saturated rings. The molecule has 5 N–H and O–H groups in total. The molecule has 68 valence electrons. The molecule has 1 aromatic rings. The van der Waals surface area contributed by atoms with E-state index in [1.165, 1.54) is 0 Å². The van der Waals surface area contributed by atoms with Crippen molar-refractivity contribution in [1.82, 2.24) is 14.8 Å². The van der Waals surface area contributed by atoms with Crippen LogP contribution in [0.2, 0.25) is 0 Å². The highest BCUT2D eigenvalue weighted by Crippen LogP contribution is 1.77. The summed E-state index contributed by atoms with van der Waals surface area (Å²) in [6, 6.07) is -0.598. The first kappa shape index (κ1) is 8.75. The zero-order valence-electron chi connectivity index (χ0n) is 6.28. The van der Waals surface area contributed by atoms with E-state index in [2.05, 4.69) is 10.2 Å². The van der Waals surface area contributed by atoms with E-state index in [1.807, 2.05) is 0 Å². The van der Waals surface area contributed by atoms with Gasteiger partial charge in [-0.25, -0.2) is 24.4 Å². The predicted octanol–water partition coefficient (Wildman–Crippen LogP) is -2.82. The number of aliphatic hydroxyl groups is 1. The van der Waals surface area contributed by atoms with E-state index >= 15 is 0 Å². The summed E-state index contributed by atoms with van der Waals surface area (Å²) in [4.78, 5) is 21.7. The van der Waals surface area contributed by atoms with Crippen LogP contribution in [0.5, 0.6) is 0 Å². The third kappa shape index (κ3) is 1.63. The number of nitrogens with two attached hydrogens (primary N) is 1. The molecule has 0 aromatic carbocycles. The average molecular weight is 174 g/mol. The summed E-state index contributed by atoms with van der Waals surface area (Å²) in [6.07, 6.45) is 0. The summed E-state index contributed by atoms with van der Waals surface area (Å²) < 4.78 is 0.890. The largest absolute Gasteiger partial charge is 0.395 e. The second kappa shape index (κ2) is 3.37. The van der Waals surface area contributed by atoms with Gasteiger partial charge < -0.3 is 10.8 Å². The van der Waals surface area contributed by atoms with E-state index in [4.69, 9.17) is 10.8 Å². The van der Waals surface area contributed by atoms with Gasteiger partial charge in [-0.1, -0.05) is 0 Å². The molecule has 0 amide bonds. The van der Waals surface area contributed by atoms with Crippen molar-refractivity contribution < 1.29 is 5.11 Å². The summed E-state index contributed by atoms with van der Waals surface area (Å²) >= 11 is 0. The Kier molecular flexibility index (Phi) is 2.46. The first-order valence-electron chi connectivity index (χ1n) is 3.39. The lowest BCUT2D eigenvalue weighted by molar-refractivity contribution is 0.252. The van der Waals surface area contributed by atoms with Gasteiger partial charge in [-0.3, -0.25) is 0 Å². The van der Waals surface area contributed by atoms with E-state index < -0.39 is 17.4 Å². The standard InChI is InChI=1S/C5H10N4O3/c6-3(2-10)1-9-4(11)7-8-5(9)12/h3,10H,1-2,6H2,(H,7,11)(H,8,12). The van der Waals surface area contributed by atoms with Gasteiger partial charge in [0.1, 0.15) is 0 Å². The highest BCUT2D eigenvalue weighted by Gasteiger charge is 2.06. The molecular formula is C5H10N4O3. The number of hydrogen-bond acceptors (Lipinski definition) is 4. The molecule has 0 aliphatic carbocycles. The van der Waals surface area contributed by atoms with Crippen LogP contribution in [-0.2, 0) is 6.54 Å². The molecule has 1 atom stereocenters. The monoisotopic (exact) mass is 174 g/mol. The van der Waals surface area contributed by atoms with Crippen LogP contribution in [0.3, 0.4) is 0 Å². The van der Waals surface area contributed by atoms with Crippen LogP contribution in [0.15, 0.2) is 9.59 Å². The van der Waals surface area contributed by atoms with E-state index in [-0.39, 0.29) is 13.2 Å². The van der Waals surface area contributed by atoms with Crippen LogP contribution in [0.1, 0.15) is 0 Å². The molecule has 1 unspecified atom stereocenters. The van der Waals surface area contributed by atoms with Crippen LogP contribution < -0.4 is 17.1 Å². The molecule has 7 heteroatoms. The van der Waals surface area contributed by atoms with E-state index in [0.29, 0.717) is 0 Å². The quantitative estimate of drug-likeness (QED) is 0.395. The molecule has 0 bridgehead atoms. The van der Waals surface area contributed by atoms with Crippen LogP contribution in [-0.4, -0.2) is 32.5 Å². The van der Waals surface area contributed by atoms with Gasteiger partial charge in [-0.15, -0.1) is 0 Å². The van der Waals surface area contributed by atoms with Crippen molar-refractivity contribution in [3.05, 3.63) is 21.0 Å². The number of nitrogens with zero attached hydrogens (tertiary/aromatic N) is 1. The Labute approximate surface area is 66.8 Å². The van der Waals surface area contributed by atoms with Crippen LogP contribution in [0, 0.1) is 0 Å². The second-order valence-corrected chi connectivity index (χ2v) is 2.41. The number of aromatic nitrogens is 3. The Morgan fingerprint density at radius 2 is 1.92 bits per heavy atom. The fourth-order valence-corrected chi connectivity index (χ4v) is 0.792. The van der Waals surface area contributed by atoms with E-state index in [9.17, 15) is 9.59 Å². The molecule has 0 spiro atoms. The van der Waals surface area contributed by atoms with Gasteiger partial charge in [0.05, 0.1) is 6.61 Å². The minimum Gasteiger partial charge on any atom is -0.395 e. The summed E-state index contributed by atoms with van der Waals surface area (Å²) in [5, 5.41) is 12.8. The Balaban J connectivity index is 2.88. The molecule has 7 nitrogen and oxygen atoms in total. The lowest BCUT2D eigenvalue weighted by Gasteiger charge is -2.05. The summed E-state index contributed by atoms with van der Waals surface area (Å²) in [5.41, 5.74) is 4.22. The highest BCUT2D eigenvalue weighted by atomic mass is 16.3. The first-order chi connectivity index (χ1) is 5.65. The maximum Gasteiger partial charge on any atom is 0.344 e. The molecule has 1 rings (SSSR count). The maximum absolute atomic E-state index is 10.8. The van der Waals surface area contributed by atoms with Gasteiger partial charge in [-0.2, -0.15) is 0 Å². The molecule has 12 heavy (non-hydrogen) atoms. The molecule has 0 saturated heterocycles. The van der Waals surface area contributed by atoms with Crippen molar-refractivity contribution in [2.24, 2.45) is 5.73 Å². The first-order valence-corrected chi connectivity index (χ1v) is 3.39. The third-order valence-corrected chi connectivity index (χ3v) is 1.42. The normalized spacial score (nSPS) is 13.2. The zero-order chi connectivity index (χ0) is 9.14. The Morgan fingerprint density at radius 1 is 1.42 bits per heavy atom. The molecule has 0 aliphatic rings. The molecular weight excluding hydrogens is 164 g/mol. The summed E-state index contributed by atoms with van der Waals surface area (Å²) in [6.45, 7) is -0.259. The van der Waals surface area contributed by atoms with Gasteiger partial charge in [-0.05, 0) is 0 Å². The van der Waals surface area contributed by atoms with Gasteiger partial charge in [0, 0.05) is 12.6 Å². The molecule has 0 saturated carbocycles. The number of H-pyrrole nitrogens is 2. The molecule has 1 aromatic heterocycles. The fourth-order valence-electron chi connectivity index (χ4n) is 0.792.